The Kier molecular flexibility index (Phi) is 3.97. The highest BCUT2D eigenvalue weighted by molar-refractivity contribution is 5.59. The Hall–Kier alpha value is -2.61. The van der Waals surface area contributed by atoms with Gasteiger partial charge >= 0.3 is 0 Å². The smallest absolute Gasteiger partial charge is 0.110 e. The molecule has 3 rings (SSSR count). The molecule has 1 N–H and O–H groups in total. The zero-order valence-electron chi connectivity index (χ0n) is 11.9. The van der Waals surface area contributed by atoms with E-state index in [-0.39, 0.29) is 0 Å². The predicted octanol–water partition coefficient (Wildman–Crippen LogP) is 4.40. The molecule has 0 aliphatic rings. The van der Waals surface area contributed by atoms with E-state index in [1.54, 1.807) is 0 Å². The summed E-state index contributed by atoms with van der Waals surface area (Å²) >= 11 is 0. The molecule has 0 atom stereocenters. The van der Waals surface area contributed by atoms with Crippen molar-refractivity contribution in [2.45, 2.75) is 12.8 Å². The van der Waals surface area contributed by atoms with Crippen LogP contribution in [0.15, 0.2) is 73.4 Å². The molecule has 21 heavy (non-hydrogen) atoms. The van der Waals surface area contributed by atoms with Crippen LogP contribution < -0.4 is 0 Å². The van der Waals surface area contributed by atoms with Crippen molar-refractivity contribution in [3.8, 4) is 11.3 Å². The summed E-state index contributed by atoms with van der Waals surface area (Å²) in [4.78, 5) is 7.87. The number of nitrogens with one attached hydrogen (secondary N) is 1. The van der Waals surface area contributed by atoms with Gasteiger partial charge in [0.2, 0.25) is 0 Å². The third-order valence-electron chi connectivity index (χ3n) is 3.49. The summed E-state index contributed by atoms with van der Waals surface area (Å²) in [5.41, 5.74) is 4.76. The Balaban J connectivity index is 1.76. The van der Waals surface area contributed by atoms with Crippen LogP contribution in [0.1, 0.15) is 17.0 Å². The maximum Gasteiger partial charge on any atom is 0.110 e. The van der Waals surface area contributed by atoms with Gasteiger partial charge in [0.1, 0.15) is 5.82 Å². The molecule has 0 saturated carbocycles. The molecule has 0 spiro atoms. The fourth-order valence-electron chi connectivity index (χ4n) is 2.38. The van der Waals surface area contributed by atoms with Crippen molar-refractivity contribution in [1.29, 1.82) is 0 Å². The normalized spacial score (nSPS) is 10.5. The van der Waals surface area contributed by atoms with Crippen LogP contribution in [0, 0.1) is 0 Å². The van der Waals surface area contributed by atoms with Gasteiger partial charge in [-0.1, -0.05) is 60.7 Å². The molecule has 0 amide bonds. The van der Waals surface area contributed by atoms with Gasteiger partial charge in [0.15, 0.2) is 0 Å². The van der Waals surface area contributed by atoms with E-state index in [2.05, 4.69) is 65.1 Å². The lowest BCUT2D eigenvalue weighted by molar-refractivity contribution is 1.03. The van der Waals surface area contributed by atoms with Crippen LogP contribution in [0.3, 0.4) is 0 Å². The van der Waals surface area contributed by atoms with Crippen LogP contribution in [-0.2, 0) is 12.8 Å². The summed E-state index contributed by atoms with van der Waals surface area (Å²) in [6.45, 7) is 3.76. The number of aromatic nitrogens is 2. The van der Waals surface area contributed by atoms with Crippen LogP contribution in [-0.4, -0.2) is 9.97 Å². The number of benzene rings is 2. The largest absolute Gasteiger partial charge is 0.342 e. The molecule has 2 heteroatoms. The Morgan fingerprint density at radius 1 is 0.952 bits per heavy atom. The van der Waals surface area contributed by atoms with Crippen LogP contribution in [0.2, 0.25) is 0 Å². The van der Waals surface area contributed by atoms with Crippen molar-refractivity contribution in [3.05, 3.63) is 90.4 Å². The van der Waals surface area contributed by atoms with Gasteiger partial charge in [-0.25, -0.2) is 4.98 Å². The van der Waals surface area contributed by atoms with Gasteiger partial charge in [-0.3, -0.25) is 0 Å². The minimum absolute atomic E-state index is 0.829. The van der Waals surface area contributed by atoms with E-state index in [0.29, 0.717) is 0 Å². The molecule has 0 bridgehead atoms. The van der Waals surface area contributed by atoms with Crippen molar-refractivity contribution >= 4 is 0 Å². The molecule has 0 aliphatic carbocycles. The molecule has 3 aromatic rings. The average molecular weight is 274 g/mol. The lowest BCUT2D eigenvalue weighted by Gasteiger charge is -2.01. The number of hydrogen-bond acceptors (Lipinski definition) is 1. The van der Waals surface area contributed by atoms with Gasteiger partial charge in [-0.05, 0) is 23.1 Å². The molecule has 104 valence electrons. The highest BCUT2D eigenvalue weighted by atomic mass is 14.9. The first kappa shape index (κ1) is 13.4. The number of allylic oxidation sites excluding steroid dienone is 1. The second kappa shape index (κ2) is 6.23. The fraction of sp³-hybridized carbons (Fsp3) is 0.105. The molecule has 0 aliphatic heterocycles. The maximum atomic E-state index is 4.47. The summed E-state index contributed by atoms with van der Waals surface area (Å²) < 4.78 is 0. The average Bonchev–Trinajstić information content (AvgIpc) is 2.98. The third kappa shape index (κ3) is 3.29. The van der Waals surface area contributed by atoms with E-state index < -0.39 is 0 Å². The van der Waals surface area contributed by atoms with Gasteiger partial charge < -0.3 is 4.98 Å². The molecular formula is C19H18N2. The van der Waals surface area contributed by atoms with Crippen molar-refractivity contribution in [1.82, 2.24) is 9.97 Å². The summed E-state index contributed by atoms with van der Waals surface area (Å²) in [6, 6.07) is 18.9. The summed E-state index contributed by atoms with van der Waals surface area (Å²) in [6.07, 6.45) is 5.56. The lowest BCUT2D eigenvalue weighted by Crippen LogP contribution is -1.90. The van der Waals surface area contributed by atoms with Crippen LogP contribution in [0.5, 0.6) is 0 Å². The summed E-state index contributed by atoms with van der Waals surface area (Å²) in [5, 5.41) is 0. The maximum absolute atomic E-state index is 4.47. The Morgan fingerprint density at radius 3 is 2.43 bits per heavy atom. The fourth-order valence-corrected chi connectivity index (χ4v) is 2.38. The van der Waals surface area contributed by atoms with Crippen LogP contribution in [0.25, 0.3) is 11.3 Å². The Labute approximate surface area is 125 Å². The molecule has 0 fully saturated rings. The highest BCUT2D eigenvalue weighted by Crippen LogP contribution is 2.19. The van der Waals surface area contributed by atoms with Gasteiger partial charge in [0, 0.05) is 6.42 Å². The standard InChI is InChI=1S/C19H18N2/c1-2-6-15-9-11-17(12-10-15)18-14-20-19(21-18)13-16-7-4-3-5-8-16/h2-5,7-12,14H,1,6,13H2,(H,20,21). The second-order valence-electron chi connectivity index (χ2n) is 5.10. The number of nitrogens with zero attached hydrogens (tertiary/aromatic N) is 1. The van der Waals surface area contributed by atoms with Gasteiger partial charge in [-0.15, -0.1) is 6.58 Å². The zero-order valence-corrected chi connectivity index (χ0v) is 11.9. The minimum atomic E-state index is 0.829. The van der Waals surface area contributed by atoms with E-state index >= 15 is 0 Å². The first-order valence-electron chi connectivity index (χ1n) is 7.13. The SMILES string of the molecule is C=CCc1ccc(-c2cnc(Cc3ccccc3)[nH]2)cc1. The van der Waals surface area contributed by atoms with Crippen molar-refractivity contribution in [3.63, 3.8) is 0 Å². The van der Waals surface area contributed by atoms with Gasteiger partial charge in [0.25, 0.3) is 0 Å². The first-order chi connectivity index (χ1) is 10.3. The summed E-state index contributed by atoms with van der Waals surface area (Å²) in [7, 11) is 0. The van der Waals surface area contributed by atoms with E-state index in [1.807, 2.05) is 18.3 Å². The lowest BCUT2D eigenvalue weighted by atomic mass is 10.1. The number of imidazole rings is 1. The predicted molar refractivity (Wildman–Crippen MR) is 87.2 cm³/mol. The molecular weight excluding hydrogens is 256 g/mol. The summed E-state index contributed by atoms with van der Waals surface area (Å²) in [5.74, 6) is 0.992. The Morgan fingerprint density at radius 2 is 1.71 bits per heavy atom. The van der Waals surface area contributed by atoms with E-state index in [4.69, 9.17) is 0 Å². The number of hydrogen-bond donors (Lipinski definition) is 1. The molecule has 2 nitrogen and oxygen atoms in total. The molecule has 1 aromatic heterocycles. The van der Waals surface area contributed by atoms with Crippen molar-refractivity contribution in [2.24, 2.45) is 0 Å². The highest BCUT2D eigenvalue weighted by Gasteiger charge is 2.04. The third-order valence-corrected chi connectivity index (χ3v) is 3.49. The topological polar surface area (TPSA) is 28.7 Å². The van der Waals surface area contributed by atoms with Gasteiger partial charge in [0.05, 0.1) is 11.9 Å². The monoisotopic (exact) mass is 274 g/mol. The van der Waals surface area contributed by atoms with Crippen molar-refractivity contribution in [2.75, 3.05) is 0 Å². The van der Waals surface area contributed by atoms with Crippen LogP contribution in [0.4, 0.5) is 0 Å². The Bertz CT molecular complexity index is 709. The van der Waals surface area contributed by atoms with Crippen LogP contribution >= 0.6 is 0 Å². The minimum Gasteiger partial charge on any atom is -0.342 e. The second-order valence-corrected chi connectivity index (χ2v) is 5.10. The van der Waals surface area contributed by atoms with E-state index in [1.165, 1.54) is 11.1 Å². The number of H-pyrrole nitrogens is 1. The molecule has 0 unspecified atom stereocenters. The van der Waals surface area contributed by atoms with Crippen molar-refractivity contribution < 1.29 is 0 Å². The first-order valence-corrected chi connectivity index (χ1v) is 7.13. The zero-order chi connectivity index (χ0) is 14.5. The van der Waals surface area contributed by atoms with E-state index in [9.17, 15) is 0 Å². The quantitative estimate of drug-likeness (QED) is 0.686. The molecule has 0 radical (unpaired) electrons. The van der Waals surface area contributed by atoms with E-state index in [0.717, 1.165) is 29.9 Å². The molecule has 2 aromatic carbocycles. The molecule has 0 saturated heterocycles. The number of aromatic amines is 1. The van der Waals surface area contributed by atoms with Gasteiger partial charge in [-0.2, -0.15) is 0 Å². The number of rotatable bonds is 5. The molecule has 1 heterocycles.